The summed E-state index contributed by atoms with van der Waals surface area (Å²) >= 11 is 0. The number of aryl methyl sites for hydroxylation is 1. The van der Waals surface area contributed by atoms with E-state index in [-0.39, 0.29) is 5.69 Å². The predicted octanol–water partition coefficient (Wildman–Crippen LogP) is 1.82. The van der Waals surface area contributed by atoms with Gasteiger partial charge in [0.05, 0.1) is 18.9 Å². The molecule has 1 N–H and O–H groups in total. The summed E-state index contributed by atoms with van der Waals surface area (Å²) in [5.74, 6) is -1.01. The highest BCUT2D eigenvalue weighted by molar-refractivity contribution is 5.87. The average molecular weight is 244 g/mol. The third-order valence-electron chi connectivity index (χ3n) is 3.15. The Bertz CT molecular complexity index is 631. The highest BCUT2D eigenvalue weighted by Gasteiger charge is 2.19. The van der Waals surface area contributed by atoms with Gasteiger partial charge >= 0.3 is 5.97 Å². The zero-order valence-corrected chi connectivity index (χ0v) is 9.88. The van der Waals surface area contributed by atoms with E-state index in [1.807, 2.05) is 18.2 Å². The van der Waals surface area contributed by atoms with Gasteiger partial charge in [0.1, 0.15) is 0 Å². The molecule has 18 heavy (non-hydrogen) atoms. The molecule has 1 aromatic carbocycles. The summed E-state index contributed by atoms with van der Waals surface area (Å²) in [5, 5.41) is 13.0. The Labute approximate surface area is 104 Å². The zero-order chi connectivity index (χ0) is 12.7. The van der Waals surface area contributed by atoms with Gasteiger partial charge in [0.2, 0.25) is 0 Å². The summed E-state index contributed by atoms with van der Waals surface area (Å²) in [4.78, 5) is 10.9. The molecule has 0 unspecified atom stereocenters. The maximum absolute atomic E-state index is 10.9. The van der Waals surface area contributed by atoms with Crippen molar-refractivity contribution in [2.45, 2.75) is 13.2 Å². The smallest absolute Gasteiger partial charge is 0.356 e. The van der Waals surface area contributed by atoms with E-state index >= 15 is 0 Å². The van der Waals surface area contributed by atoms with E-state index < -0.39 is 5.97 Å². The lowest BCUT2D eigenvalue weighted by molar-refractivity contribution is 0.0689. The van der Waals surface area contributed by atoms with Crippen molar-refractivity contribution in [2.24, 2.45) is 7.05 Å². The highest BCUT2D eigenvalue weighted by atomic mass is 16.5. The first-order valence-electron chi connectivity index (χ1n) is 5.63. The van der Waals surface area contributed by atoms with Crippen LogP contribution in [0, 0.1) is 0 Å². The number of aromatic carboxylic acids is 1. The van der Waals surface area contributed by atoms with Gasteiger partial charge in [-0.2, -0.15) is 5.10 Å². The molecular weight excluding hydrogens is 232 g/mol. The van der Waals surface area contributed by atoms with Crippen LogP contribution in [0.4, 0.5) is 0 Å². The number of fused-ring (bicyclic) bond motifs is 1. The number of hydrogen-bond donors (Lipinski definition) is 1. The van der Waals surface area contributed by atoms with Crippen molar-refractivity contribution in [2.75, 3.05) is 0 Å². The molecule has 5 heteroatoms. The second kappa shape index (κ2) is 3.96. The number of carboxylic acids is 1. The summed E-state index contributed by atoms with van der Waals surface area (Å²) in [6, 6.07) is 7.54. The van der Waals surface area contributed by atoms with Crippen LogP contribution >= 0.6 is 0 Å². The monoisotopic (exact) mass is 244 g/mol. The number of nitrogens with zero attached hydrogens (tertiary/aromatic N) is 2. The van der Waals surface area contributed by atoms with Crippen molar-refractivity contribution in [3.05, 3.63) is 41.1 Å². The van der Waals surface area contributed by atoms with E-state index in [2.05, 4.69) is 5.10 Å². The molecule has 5 nitrogen and oxygen atoms in total. The van der Waals surface area contributed by atoms with Crippen LogP contribution < -0.4 is 0 Å². The SMILES string of the molecule is Cn1nc(C(=O)O)cc1-c1cccc2c1COC2. The Hall–Kier alpha value is -2.14. The molecule has 0 amide bonds. The number of carbonyl (C=O) groups is 1. The Kier molecular flexibility index (Phi) is 2.41. The first-order chi connectivity index (χ1) is 8.66. The molecular formula is C13H12N2O3. The minimum atomic E-state index is -1.01. The Balaban J connectivity index is 2.16. The summed E-state index contributed by atoms with van der Waals surface area (Å²) in [6.07, 6.45) is 0. The third-order valence-corrected chi connectivity index (χ3v) is 3.15. The molecule has 0 saturated carbocycles. The minimum Gasteiger partial charge on any atom is -0.476 e. The van der Waals surface area contributed by atoms with Crippen LogP contribution in [0.25, 0.3) is 11.3 Å². The van der Waals surface area contributed by atoms with Gasteiger partial charge in [0, 0.05) is 12.6 Å². The molecule has 0 spiro atoms. The lowest BCUT2D eigenvalue weighted by atomic mass is 10.0. The van der Waals surface area contributed by atoms with Crippen LogP contribution in [0.3, 0.4) is 0 Å². The number of benzene rings is 1. The molecule has 3 rings (SSSR count). The topological polar surface area (TPSA) is 64.4 Å². The van der Waals surface area contributed by atoms with Crippen molar-refractivity contribution in [3.63, 3.8) is 0 Å². The van der Waals surface area contributed by atoms with Crippen molar-refractivity contribution >= 4 is 5.97 Å². The summed E-state index contributed by atoms with van der Waals surface area (Å²) in [6.45, 7) is 1.19. The van der Waals surface area contributed by atoms with Crippen molar-refractivity contribution in [1.29, 1.82) is 0 Å². The molecule has 1 aliphatic heterocycles. The predicted molar refractivity (Wildman–Crippen MR) is 64.1 cm³/mol. The van der Waals surface area contributed by atoms with Gasteiger partial charge in [0.15, 0.2) is 5.69 Å². The van der Waals surface area contributed by atoms with Crippen LogP contribution in [0.1, 0.15) is 21.6 Å². The zero-order valence-electron chi connectivity index (χ0n) is 9.88. The summed E-state index contributed by atoms with van der Waals surface area (Å²) in [5.41, 5.74) is 4.13. The largest absolute Gasteiger partial charge is 0.476 e. The van der Waals surface area contributed by atoms with E-state index in [1.165, 1.54) is 0 Å². The van der Waals surface area contributed by atoms with Gasteiger partial charge in [-0.05, 0) is 17.2 Å². The van der Waals surface area contributed by atoms with Gasteiger partial charge in [-0.3, -0.25) is 4.68 Å². The molecule has 2 aromatic rings. The standard InChI is InChI=1S/C13H12N2O3/c1-15-12(5-11(14-15)13(16)17)9-4-2-3-8-6-18-7-10(8)9/h2-5H,6-7H2,1H3,(H,16,17). The van der Waals surface area contributed by atoms with Gasteiger partial charge < -0.3 is 9.84 Å². The van der Waals surface area contributed by atoms with Crippen LogP contribution in [0.5, 0.6) is 0 Å². The molecule has 0 atom stereocenters. The average Bonchev–Trinajstić information content (AvgIpc) is 2.94. The second-order valence-corrected chi connectivity index (χ2v) is 4.28. The highest BCUT2D eigenvalue weighted by Crippen LogP contribution is 2.31. The maximum atomic E-state index is 10.9. The van der Waals surface area contributed by atoms with Gasteiger partial charge in [0.25, 0.3) is 0 Å². The fourth-order valence-electron chi connectivity index (χ4n) is 2.27. The van der Waals surface area contributed by atoms with Gasteiger partial charge in [-0.15, -0.1) is 0 Å². The van der Waals surface area contributed by atoms with Crippen LogP contribution in [-0.2, 0) is 25.0 Å². The molecule has 1 aliphatic rings. The first kappa shape index (κ1) is 11.0. The molecule has 0 fully saturated rings. The van der Waals surface area contributed by atoms with Gasteiger partial charge in [-0.25, -0.2) is 4.79 Å². The van der Waals surface area contributed by atoms with Crippen LogP contribution in [0.2, 0.25) is 0 Å². The first-order valence-corrected chi connectivity index (χ1v) is 5.63. The molecule has 0 aliphatic carbocycles. The second-order valence-electron chi connectivity index (χ2n) is 4.28. The molecule has 1 aromatic heterocycles. The molecule has 92 valence electrons. The van der Waals surface area contributed by atoms with E-state index in [9.17, 15) is 4.79 Å². The Morgan fingerprint density at radius 3 is 3.00 bits per heavy atom. The molecule has 0 bridgehead atoms. The normalized spacial score (nSPS) is 13.6. The van der Waals surface area contributed by atoms with Crippen molar-refractivity contribution in [1.82, 2.24) is 9.78 Å². The Morgan fingerprint density at radius 1 is 1.44 bits per heavy atom. The number of ether oxygens (including phenoxy) is 1. The van der Waals surface area contributed by atoms with E-state index in [4.69, 9.17) is 9.84 Å². The van der Waals surface area contributed by atoms with E-state index in [0.717, 1.165) is 22.4 Å². The number of carboxylic acid groups (broad SMARTS) is 1. The quantitative estimate of drug-likeness (QED) is 0.875. The van der Waals surface area contributed by atoms with Crippen molar-refractivity contribution in [3.8, 4) is 11.3 Å². The molecule has 2 heterocycles. The fraction of sp³-hybridized carbons (Fsp3) is 0.231. The lowest BCUT2D eigenvalue weighted by Crippen LogP contribution is -1.99. The van der Waals surface area contributed by atoms with Crippen LogP contribution in [-0.4, -0.2) is 20.9 Å². The summed E-state index contributed by atoms with van der Waals surface area (Å²) < 4.78 is 7.02. The number of aromatic nitrogens is 2. The van der Waals surface area contributed by atoms with Crippen molar-refractivity contribution < 1.29 is 14.6 Å². The molecule has 0 radical (unpaired) electrons. The molecule has 0 saturated heterocycles. The van der Waals surface area contributed by atoms with E-state index in [0.29, 0.717) is 13.2 Å². The van der Waals surface area contributed by atoms with Gasteiger partial charge in [-0.1, -0.05) is 18.2 Å². The number of hydrogen-bond acceptors (Lipinski definition) is 3. The maximum Gasteiger partial charge on any atom is 0.356 e. The fourth-order valence-corrected chi connectivity index (χ4v) is 2.27. The van der Waals surface area contributed by atoms with E-state index in [1.54, 1.807) is 17.8 Å². The third kappa shape index (κ3) is 1.60. The number of rotatable bonds is 2. The lowest BCUT2D eigenvalue weighted by Gasteiger charge is -2.06. The minimum absolute atomic E-state index is 0.0593. The summed E-state index contributed by atoms with van der Waals surface area (Å²) in [7, 11) is 1.75. The Morgan fingerprint density at radius 2 is 2.28 bits per heavy atom. The van der Waals surface area contributed by atoms with Crippen LogP contribution in [0.15, 0.2) is 24.3 Å².